The second-order valence-electron chi connectivity index (χ2n) is 6.41. The Balaban J connectivity index is 1.93. The maximum absolute atomic E-state index is 12.2. The highest BCUT2D eigenvalue weighted by atomic mass is 16.5. The predicted molar refractivity (Wildman–Crippen MR) is 105 cm³/mol. The van der Waals surface area contributed by atoms with Crippen molar-refractivity contribution in [2.75, 3.05) is 13.2 Å². The van der Waals surface area contributed by atoms with Crippen LogP contribution in [0.5, 0.6) is 5.75 Å². The zero-order chi connectivity index (χ0) is 20.5. The van der Waals surface area contributed by atoms with E-state index in [2.05, 4.69) is 5.32 Å². The maximum Gasteiger partial charge on any atom is 0.308 e. The SMILES string of the molecule is CCOc1ccc(C(=O)COC(=O)CC(NC(C)=O)c2ccc(C)cc2)cc1. The summed E-state index contributed by atoms with van der Waals surface area (Å²) in [5.41, 5.74) is 2.32. The van der Waals surface area contributed by atoms with E-state index in [4.69, 9.17) is 9.47 Å². The minimum absolute atomic E-state index is 0.0564. The summed E-state index contributed by atoms with van der Waals surface area (Å²) in [4.78, 5) is 35.9. The largest absolute Gasteiger partial charge is 0.494 e. The molecule has 1 amide bonds. The molecule has 2 aromatic carbocycles. The van der Waals surface area contributed by atoms with E-state index in [1.165, 1.54) is 6.92 Å². The van der Waals surface area contributed by atoms with Crippen LogP contribution >= 0.6 is 0 Å². The lowest BCUT2D eigenvalue weighted by atomic mass is 10.0. The molecular formula is C22H25NO5. The Bertz CT molecular complexity index is 812. The molecule has 0 aromatic heterocycles. The average molecular weight is 383 g/mol. The number of carbonyl (C=O) groups excluding carboxylic acids is 3. The van der Waals surface area contributed by atoms with Crippen molar-refractivity contribution >= 4 is 17.7 Å². The van der Waals surface area contributed by atoms with E-state index >= 15 is 0 Å². The minimum atomic E-state index is -0.557. The van der Waals surface area contributed by atoms with Crippen LogP contribution in [0.4, 0.5) is 0 Å². The Kier molecular flexibility index (Phi) is 7.75. The van der Waals surface area contributed by atoms with Gasteiger partial charge in [0.05, 0.1) is 19.1 Å². The van der Waals surface area contributed by atoms with Gasteiger partial charge < -0.3 is 14.8 Å². The molecule has 1 N–H and O–H groups in total. The van der Waals surface area contributed by atoms with Gasteiger partial charge in [-0.05, 0) is 43.7 Å². The Morgan fingerprint density at radius 2 is 1.64 bits per heavy atom. The fourth-order valence-electron chi connectivity index (χ4n) is 2.66. The zero-order valence-electron chi connectivity index (χ0n) is 16.4. The first-order valence-corrected chi connectivity index (χ1v) is 9.14. The third-order valence-electron chi connectivity index (χ3n) is 4.08. The van der Waals surface area contributed by atoms with Crippen LogP contribution in [0.1, 0.15) is 47.8 Å². The third-order valence-corrected chi connectivity index (χ3v) is 4.08. The number of rotatable bonds is 9. The standard InChI is InChI=1S/C22H25NO5/c1-4-27-19-11-9-18(10-12-19)21(25)14-28-22(26)13-20(23-16(3)24)17-7-5-15(2)6-8-17/h5-12,20H,4,13-14H2,1-3H3,(H,23,24). The number of ether oxygens (including phenoxy) is 2. The molecule has 0 bridgehead atoms. The molecular weight excluding hydrogens is 358 g/mol. The van der Waals surface area contributed by atoms with E-state index in [0.717, 1.165) is 11.1 Å². The number of Topliss-reactive ketones (excluding diaryl/α,β-unsaturated/α-hetero) is 1. The molecule has 2 rings (SSSR count). The topological polar surface area (TPSA) is 81.7 Å². The van der Waals surface area contributed by atoms with E-state index in [9.17, 15) is 14.4 Å². The van der Waals surface area contributed by atoms with Crippen molar-refractivity contribution in [2.45, 2.75) is 33.2 Å². The van der Waals surface area contributed by atoms with Gasteiger partial charge in [-0.2, -0.15) is 0 Å². The molecule has 148 valence electrons. The van der Waals surface area contributed by atoms with Crippen molar-refractivity contribution in [2.24, 2.45) is 0 Å². The Labute approximate surface area is 164 Å². The molecule has 1 unspecified atom stereocenters. The lowest BCUT2D eigenvalue weighted by Gasteiger charge is -2.18. The Hall–Kier alpha value is -3.15. The highest BCUT2D eigenvalue weighted by molar-refractivity contribution is 5.98. The van der Waals surface area contributed by atoms with Gasteiger partial charge in [-0.1, -0.05) is 29.8 Å². The number of amides is 1. The van der Waals surface area contributed by atoms with Crippen LogP contribution < -0.4 is 10.1 Å². The van der Waals surface area contributed by atoms with E-state index in [1.54, 1.807) is 24.3 Å². The Morgan fingerprint density at radius 3 is 2.21 bits per heavy atom. The van der Waals surface area contributed by atoms with Crippen LogP contribution in [0, 0.1) is 6.92 Å². The predicted octanol–water partition coefficient (Wildman–Crippen LogP) is 3.39. The van der Waals surface area contributed by atoms with Gasteiger partial charge >= 0.3 is 5.97 Å². The summed E-state index contributed by atoms with van der Waals surface area (Å²) in [5, 5.41) is 2.75. The van der Waals surface area contributed by atoms with Crippen LogP contribution in [-0.4, -0.2) is 30.9 Å². The number of nitrogens with one attached hydrogen (secondary N) is 1. The first-order chi connectivity index (χ1) is 13.4. The number of esters is 1. The number of ketones is 1. The monoisotopic (exact) mass is 383 g/mol. The van der Waals surface area contributed by atoms with Crippen molar-refractivity contribution in [1.29, 1.82) is 0 Å². The normalized spacial score (nSPS) is 11.4. The fraction of sp³-hybridized carbons (Fsp3) is 0.318. The van der Waals surface area contributed by atoms with Crippen molar-refractivity contribution in [3.63, 3.8) is 0 Å². The Morgan fingerprint density at radius 1 is 1.00 bits per heavy atom. The molecule has 6 heteroatoms. The number of benzene rings is 2. The molecule has 0 fully saturated rings. The first kappa shape index (κ1) is 21.2. The minimum Gasteiger partial charge on any atom is -0.494 e. The van der Waals surface area contributed by atoms with Gasteiger partial charge in [0.1, 0.15) is 5.75 Å². The van der Waals surface area contributed by atoms with Gasteiger partial charge in [0.25, 0.3) is 0 Å². The van der Waals surface area contributed by atoms with Crippen LogP contribution in [-0.2, 0) is 14.3 Å². The van der Waals surface area contributed by atoms with Gasteiger partial charge in [-0.15, -0.1) is 0 Å². The van der Waals surface area contributed by atoms with E-state index in [1.807, 2.05) is 38.1 Å². The molecule has 0 radical (unpaired) electrons. The highest BCUT2D eigenvalue weighted by Gasteiger charge is 2.19. The summed E-state index contributed by atoms with van der Waals surface area (Å²) < 4.78 is 10.5. The molecule has 2 aromatic rings. The molecule has 0 aliphatic carbocycles. The molecule has 0 saturated carbocycles. The highest BCUT2D eigenvalue weighted by Crippen LogP contribution is 2.18. The number of aryl methyl sites for hydroxylation is 1. The molecule has 0 aliphatic heterocycles. The number of hydrogen-bond acceptors (Lipinski definition) is 5. The summed E-state index contributed by atoms with van der Waals surface area (Å²) in [6, 6.07) is 13.7. The van der Waals surface area contributed by atoms with Crippen LogP contribution in [0.2, 0.25) is 0 Å². The maximum atomic E-state index is 12.2. The van der Waals surface area contributed by atoms with Crippen molar-refractivity contribution < 1.29 is 23.9 Å². The summed E-state index contributed by atoms with van der Waals surface area (Å²) in [5.74, 6) is -0.433. The first-order valence-electron chi connectivity index (χ1n) is 9.14. The van der Waals surface area contributed by atoms with Crippen LogP contribution in [0.15, 0.2) is 48.5 Å². The molecule has 0 aliphatic rings. The zero-order valence-corrected chi connectivity index (χ0v) is 16.4. The lowest BCUT2D eigenvalue weighted by Crippen LogP contribution is -2.29. The smallest absolute Gasteiger partial charge is 0.308 e. The quantitative estimate of drug-likeness (QED) is 0.530. The van der Waals surface area contributed by atoms with Crippen molar-refractivity contribution in [3.05, 3.63) is 65.2 Å². The molecule has 6 nitrogen and oxygen atoms in total. The molecule has 28 heavy (non-hydrogen) atoms. The van der Waals surface area contributed by atoms with Gasteiger partial charge in [0, 0.05) is 12.5 Å². The van der Waals surface area contributed by atoms with Gasteiger partial charge in [-0.25, -0.2) is 0 Å². The molecule has 0 heterocycles. The van der Waals surface area contributed by atoms with Crippen LogP contribution in [0.25, 0.3) is 0 Å². The lowest BCUT2D eigenvalue weighted by molar-refractivity contribution is -0.143. The van der Waals surface area contributed by atoms with Gasteiger partial charge in [0.2, 0.25) is 5.91 Å². The van der Waals surface area contributed by atoms with Crippen molar-refractivity contribution in [1.82, 2.24) is 5.32 Å². The fourth-order valence-corrected chi connectivity index (χ4v) is 2.66. The van der Waals surface area contributed by atoms with Crippen LogP contribution in [0.3, 0.4) is 0 Å². The van der Waals surface area contributed by atoms with E-state index in [0.29, 0.717) is 17.9 Å². The molecule has 1 atom stereocenters. The summed E-state index contributed by atoms with van der Waals surface area (Å²) in [6.45, 7) is 5.41. The number of hydrogen-bond donors (Lipinski definition) is 1. The molecule has 0 spiro atoms. The van der Waals surface area contributed by atoms with E-state index in [-0.39, 0.29) is 24.7 Å². The van der Waals surface area contributed by atoms with E-state index < -0.39 is 12.0 Å². The van der Waals surface area contributed by atoms with Gasteiger partial charge in [-0.3, -0.25) is 14.4 Å². The summed E-state index contributed by atoms with van der Waals surface area (Å²) >= 11 is 0. The number of carbonyl (C=O) groups is 3. The van der Waals surface area contributed by atoms with Gasteiger partial charge in [0.15, 0.2) is 12.4 Å². The van der Waals surface area contributed by atoms with Crippen molar-refractivity contribution in [3.8, 4) is 5.75 Å². The summed E-state index contributed by atoms with van der Waals surface area (Å²) in [7, 11) is 0. The third kappa shape index (κ3) is 6.54. The average Bonchev–Trinajstić information content (AvgIpc) is 2.67. The second-order valence-corrected chi connectivity index (χ2v) is 6.41. The molecule has 0 saturated heterocycles. The summed E-state index contributed by atoms with van der Waals surface area (Å²) in [6.07, 6.45) is -0.0564. The second kappa shape index (κ2) is 10.3.